The van der Waals surface area contributed by atoms with Crippen molar-refractivity contribution in [1.29, 1.82) is 0 Å². The lowest BCUT2D eigenvalue weighted by atomic mass is 10.1. The largest absolute Gasteiger partial charge is 0.496 e. The Morgan fingerprint density at radius 2 is 2.04 bits per heavy atom. The van der Waals surface area contributed by atoms with Crippen LogP contribution in [0.5, 0.6) is 5.75 Å². The van der Waals surface area contributed by atoms with E-state index in [1.807, 2.05) is 6.92 Å². The third-order valence-electron chi connectivity index (χ3n) is 3.00. The van der Waals surface area contributed by atoms with E-state index in [4.69, 9.17) is 16.3 Å². The van der Waals surface area contributed by atoms with E-state index in [1.165, 1.54) is 37.5 Å². The lowest BCUT2D eigenvalue weighted by Crippen LogP contribution is -2.14. The highest BCUT2D eigenvalue weighted by atomic mass is 35.5. The monoisotopic (exact) mass is 368 g/mol. The van der Waals surface area contributed by atoms with Crippen molar-refractivity contribution in [3.63, 3.8) is 0 Å². The van der Waals surface area contributed by atoms with Crippen molar-refractivity contribution in [3.05, 3.63) is 27.7 Å². The molecule has 9 heteroatoms. The molecule has 0 fully saturated rings. The maximum absolute atomic E-state index is 12.4. The molecule has 1 aromatic heterocycles. The van der Waals surface area contributed by atoms with Crippen LogP contribution in [0.2, 0.25) is 5.02 Å². The molecule has 0 aliphatic carbocycles. The molecule has 128 valence electrons. The Bertz CT molecular complexity index is 763. The molecule has 0 aliphatic rings. The fourth-order valence-corrected chi connectivity index (χ4v) is 3.02. The molecule has 0 aliphatic heterocycles. The van der Waals surface area contributed by atoms with E-state index in [1.54, 1.807) is 0 Å². The molecule has 0 unspecified atom stereocenters. The number of aryl methyl sites for hydroxylation is 1. The SMILES string of the molecule is CCCc1nnc(NC(=O)c2cc(Cl)c(NC(C)=O)cc2OC)s1. The first kappa shape index (κ1) is 18.2. The van der Waals surface area contributed by atoms with Crippen molar-refractivity contribution >= 4 is 45.6 Å². The van der Waals surface area contributed by atoms with Gasteiger partial charge in [-0.25, -0.2) is 0 Å². The zero-order chi connectivity index (χ0) is 17.7. The Kier molecular flexibility index (Phi) is 6.10. The predicted molar refractivity (Wildman–Crippen MR) is 94.2 cm³/mol. The van der Waals surface area contributed by atoms with E-state index in [-0.39, 0.29) is 16.5 Å². The number of hydrogen-bond donors (Lipinski definition) is 2. The van der Waals surface area contributed by atoms with Crippen molar-refractivity contribution < 1.29 is 14.3 Å². The van der Waals surface area contributed by atoms with Crippen molar-refractivity contribution in [2.45, 2.75) is 26.7 Å². The van der Waals surface area contributed by atoms with Crippen LogP contribution >= 0.6 is 22.9 Å². The molecular weight excluding hydrogens is 352 g/mol. The van der Waals surface area contributed by atoms with Gasteiger partial charge in [-0.3, -0.25) is 14.9 Å². The Morgan fingerprint density at radius 1 is 1.29 bits per heavy atom. The Morgan fingerprint density at radius 3 is 2.67 bits per heavy atom. The molecule has 0 saturated carbocycles. The fourth-order valence-electron chi connectivity index (χ4n) is 1.97. The smallest absolute Gasteiger partial charge is 0.261 e. The average molecular weight is 369 g/mol. The van der Waals surface area contributed by atoms with E-state index in [0.29, 0.717) is 16.6 Å². The number of halogens is 1. The van der Waals surface area contributed by atoms with Crippen LogP contribution in [0.25, 0.3) is 0 Å². The quantitative estimate of drug-likeness (QED) is 0.815. The summed E-state index contributed by atoms with van der Waals surface area (Å²) in [5.41, 5.74) is 0.613. The van der Waals surface area contributed by atoms with Crippen LogP contribution in [0.4, 0.5) is 10.8 Å². The van der Waals surface area contributed by atoms with E-state index in [2.05, 4.69) is 20.8 Å². The third kappa shape index (κ3) is 4.42. The molecule has 1 aromatic carbocycles. The summed E-state index contributed by atoms with van der Waals surface area (Å²) in [5.74, 6) is -0.394. The first-order chi connectivity index (χ1) is 11.4. The number of nitrogens with one attached hydrogen (secondary N) is 2. The van der Waals surface area contributed by atoms with E-state index in [9.17, 15) is 9.59 Å². The highest BCUT2D eigenvalue weighted by Gasteiger charge is 2.18. The molecule has 0 spiro atoms. The Labute approximate surface area is 148 Å². The van der Waals surface area contributed by atoms with Crippen LogP contribution in [0.1, 0.15) is 35.6 Å². The number of methoxy groups -OCH3 is 1. The summed E-state index contributed by atoms with van der Waals surface area (Å²) in [7, 11) is 1.43. The maximum atomic E-state index is 12.4. The summed E-state index contributed by atoms with van der Waals surface area (Å²) in [6, 6.07) is 2.94. The maximum Gasteiger partial charge on any atom is 0.261 e. The average Bonchev–Trinajstić information content (AvgIpc) is 2.96. The van der Waals surface area contributed by atoms with Crippen LogP contribution in [0.15, 0.2) is 12.1 Å². The van der Waals surface area contributed by atoms with Crippen LogP contribution < -0.4 is 15.4 Å². The number of nitrogens with zero attached hydrogens (tertiary/aromatic N) is 2. The van der Waals surface area contributed by atoms with Gasteiger partial charge in [-0.15, -0.1) is 10.2 Å². The van der Waals surface area contributed by atoms with Gasteiger partial charge in [0.1, 0.15) is 10.8 Å². The number of benzene rings is 1. The van der Waals surface area contributed by atoms with E-state index < -0.39 is 5.91 Å². The summed E-state index contributed by atoms with van der Waals surface area (Å²) in [6.45, 7) is 3.41. The number of carbonyl (C=O) groups is 2. The molecule has 0 saturated heterocycles. The normalized spacial score (nSPS) is 10.3. The van der Waals surface area contributed by atoms with Gasteiger partial charge in [-0.1, -0.05) is 29.9 Å². The zero-order valence-electron chi connectivity index (χ0n) is 13.5. The lowest BCUT2D eigenvalue weighted by molar-refractivity contribution is -0.114. The van der Waals surface area contributed by atoms with Crippen molar-refractivity contribution in [2.24, 2.45) is 0 Å². The summed E-state index contributed by atoms with van der Waals surface area (Å²) < 4.78 is 5.22. The molecule has 0 atom stereocenters. The number of aromatic nitrogens is 2. The van der Waals surface area contributed by atoms with Gasteiger partial charge >= 0.3 is 0 Å². The Balaban J connectivity index is 2.24. The highest BCUT2D eigenvalue weighted by molar-refractivity contribution is 7.15. The topological polar surface area (TPSA) is 93.2 Å². The van der Waals surface area contributed by atoms with E-state index in [0.717, 1.165) is 17.8 Å². The van der Waals surface area contributed by atoms with Gasteiger partial charge in [0.2, 0.25) is 11.0 Å². The zero-order valence-corrected chi connectivity index (χ0v) is 15.0. The molecule has 2 N–H and O–H groups in total. The van der Waals surface area contributed by atoms with Gasteiger partial charge in [0.15, 0.2) is 0 Å². The van der Waals surface area contributed by atoms with E-state index >= 15 is 0 Å². The second kappa shape index (κ2) is 8.07. The minimum Gasteiger partial charge on any atom is -0.496 e. The van der Waals surface area contributed by atoms with Gasteiger partial charge in [-0.2, -0.15) is 0 Å². The molecule has 2 aromatic rings. The van der Waals surface area contributed by atoms with Crippen molar-refractivity contribution in [2.75, 3.05) is 17.7 Å². The predicted octanol–water partition coefficient (Wildman–Crippen LogP) is 3.36. The van der Waals surface area contributed by atoms with Gasteiger partial charge < -0.3 is 10.1 Å². The first-order valence-corrected chi connectivity index (χ1v) is 8.42. The van der Waals surface area contributed by atoms with Gasteiger partial charge in [0.25, 0.3) is 5.91 Å². The lowest BCUT2D eigenvalue weighted by Gasteiger charge is -2.12. The van der Waals surface area contributed by atoms with Crippen LogP contribution in [0, 0.1) is 0 Å². The fraction of sp³-hybridized carbons (Fsp3) is 0.333. The minimum atomic E-state index is -0.415. The van der Waals surface area contributed by atoms with Crippen molar-refractivity contribution in [1.82, 2.24) is 10.2 Å². The molecule has 0 radical (unpaired) electrons. The molecule has 7 nitrogen and oxygen atoms in total. The summed E-state index contributed by atoms with van der Waals surface area (Å²) in [4.78, 5) is 23.6. The summed E-state index contributed by atoms with van der Waals surface area (Å²) in [6.07, 6.45) is 1.77. The second-order valence-corrected chi connectivity index (χ2v) is 6.39. The minimum absolute atomic E-state index is 0.236. The first-order valence-electron chi connectivity index (χ1n) is 7.23. The third-order valence-corrected chi connectivity index (χ3v) is 4.21. The van der Waals surface area contributed by atoms with Gasteiger partial charge in [-0.05, 0) is 12.5 Å². The number of rotatable bonds is 6. The highest BCUT2D eigenvalue weighted by Crippen LogP contribution is 2.31. The molecule has 24 heavy (non-hydrogen) atoms. The number of carbonyl (C=O) groups excluding carboxylic acids is 2. The molecule has 0 bridgehead atoms. The summed E-state index contributed by atoms with van der Waals surface area (Å²) >= 11 is 7.44. The molecule has 2 rings (SSSR count). The molecular formula is C15H17ClN4O3S. The summed E-state index contributed by atoms with van der Waals surface area (Å²) in [5, 5.41) is 14.7. The van der Waals surface area contributed by atoms with Crippen LogP contribution in [-0.4, -0.2) is 29.1 Å². The standard InChI is InChI=1S/C15H17ClN4O3S/c1-4-5-13-19-20-15(24-13)18-14(22)9-6-10(16)11(17-8(2)21)7-12(9)23-3/h6-7H,4-5H2,1-3H3,(H,17,21)(H,18,20,22). The molecule has 1 heterocycles. The Hall–Kier alpha value is -2.19. The van der Waals surface area contributed by atoms with Gasteiger partial charge in [0.05, 0.1) is 23.4 Å². The number of amides is 2. The van der Waals surface area contributed by atoms with Crippen LogP contribution in [-0.2, 0) is 11.2 Å². The second-order valence-electron chi connectivity index (χ2n) is 4.92. The number of hydrogen-bond acceptors (Lipinski definition) is 6. The van der Waals surface area contributed by atoms with Gasteiger partial charge in [0, 0.05) is 19.4 Å². The van der Waals surface area contributed by atoms with Crippen molar-refractivity contribution in [3.8, 4) is 5.75 Å². The molecule has 2 amide bonds. The van der Waals surface area contributed by atoms with Crippen LogP contribution in [0.3, 0.4) is 0 Å². The number of ether oxygens (including phenoxy) is 1. The number of anilines is 2.